The number of hydrogen-bond acceptors (Lipinski definition) is 7. The Hall–Kier alpha value is -2.46. The maximum atomic E-state index is 12.4. The van der Waals surface area contributed by atoms with Crippen LogP contribution in [-0.2, 0) is 34.5 Å². The minimum atomic E-state index is -3.96. The van der Waals surface area contributed by atoms with E-state index in [9.17, 15) is 22.8 Å². The summed E-state index contributed by atoms with van der Waals surface area (Å²) in [4.78, 5) is 34.4. The molecule has 9 nitrogen and oxygen atoms in total. The lowest BCUT2D eigenvalue weighted by Crippen LogP contribution is -2.41. The summed E-state index contributed by atoms with van der Waals surface area (Å²) in [7, 11) is -3.96. The molecule has 0 spiro atoms. The lowest BCUT2D eigenvalue weighted by atomic mass is 9.87. The van der Waals surface area contributed by atoms with Crippen LogP contribution in [0.2, 0.25) is 0 Å². The monoisotopic (exact) mass is 414 g/mol. The molecule has 2 N–H and O–H groups in total. The predicted molar refractivity (Wildman–Crippen MR) is 101 cm³/mol. The van der Waals surface area contributed by atoms with Crippen LogP contribution in [0.3, 0.4) is 0 Å². The van der Waals surface area contributed by atoms with Crippen LogP contribution >= 0.6 is 0 Å². The molecule has 1 aromatic rings. The normalized spacial score (nSPS) is 12.8. The summed E-state index contributed by atoms with van der Waals surface area (Å²) in [6.07, 6.45) is -0.962. The summed E-state index contributed by atoms with van der Waals surface area (Å²) in [6.45, 7) is 8.19. The van der Waals surface area contributed by atoms with Gasteiger partial charge < -0.3 is 9.47 Å². The number of esters is 1. The van der Waals surface area contributed by atoms with E-state index in [1.165, 1.54) is 19.1 Å². The van der Waals surface area contributed by atoms with Crippen molar-refractivity contribution >= 4 is 28.0 Å². The Morgan fingerprint density at radius 1 is 1.07 bits per heavy atom. The quantitative estimate of drug-likeness (QED) is 0.647. The maximum absolute atomic E-state index is 12.4. The third-order valence-corrected chi connectivity index (χ3v) is 5.14. The third-order valence-electron chi connectivity index (χ3n) is 3.58. The van der Waals surface area contributed by atoms with E-state index in [1.54, 1.807) is 19.1 Å². The van der Waals surface area contributed by atoms with Crippen molar-refractivity contribution in [3.05, 3.63) is 29.8 Å². The average Bonchev–Trinajstić information content (AvgIpc) is 2.58. The van der Waals surface area contributed by atoms with Crippen LogP contribution in [0.15, 0.2) is 29.2 Å². The molecule has 0 aliphatic rings. The number of alkyl carbamates (subject to hydrolysis) is 1. The molecule has 0 aromatic heterocycles. The van der Waals surface area contributed by atoms with Crippen LogP contribution in [0, 0.1) is 0 Å². The summed E-state index contributed by atoms with van der Waals surface area (Å²) in [5.41, 5.74) is 0.836. The van der Waals surface area contributed by atoms with Crippen molar-refractivity contribution in [3.63, 3.8) is 0 Å². The van der Waals surface area contributed by atoms with Crippen molar-refractivity contribution in [1.82, 2.24) is 10.0 Å². The molecule has 0 unspecified atom stereocenters. The fourth-order valence-electron chi connectivity index (χ4n) is 2.06. The summed E-state index contributed by atoms with van der Waals surface area (Å²) in [5, 5.41) is 1.85. The number of carbonyl (C=O) groups is 3. The molecule has 1 rings (SSSR count). The number of imide groups is 1. The molecule has 2 amide bonds. The first-order valence-electron chi connectivity index (χ1n) is 8.63. The molecule has 0 radical (unpaired) electrons. The highest BCUT2D eigenvalue weighted by Gasteiger charge is 2.24. The van der Waals surface area contributed by atoms with Crippen molar-refractivity contribution in [3.8, 4) is 0 Å². The van der Waals surface area contributed by atoms with Crippen LogP contribution in [0.4, 0.5) is 4.79 Å². The van der Waals surface area contributed by atoms with Gasteiger partial charge in [-0.3, -0.25) is 14.9 Å². The van der Waals surface area contributed by atoms with Gasteiger partial charge in [-0.05, 0) is 37.0 Å². The highest BCUT2D eigenvalue weighted by Crippen LogP contribution is 2.23. The maximum Gasteiger partial charge on any atom is 0.413 e. The van der Waals surface area contributed by atoms with Gasteiger partial charge in [0, 0.05) is 0 Å². The second-order valence-corrected chi connectivity index (χ2v) is 8.71. The molecular formula is C18H26N2O7S. The van der Waals surface area contributed by atoms with Crippen LogP contribution in [-0.4, -0.2) is 45.6 Å². The van der Waals surface area contributed by atoms with E-state index in [-0.39, 0.29) is 16.9 Å². The largest absolute Gasteiger partial charge is 0.454 e. The van der Waals surface area contributed by atoms with Gasteiger partial charge in [-0.25, -0.2) is 13.2 Å². The number of hydrogen-bond donors (Lipinski definition) is 2. The van der Waals surface area contributed by atoms with E-state index < -0.39 is 40.6 Å². The minimum Gasteiger partial charge on any atom is -0.454 e. The van der Waals surface area contributed by atoms with Crippen molar-refractivity contribution in [2.75, 3.05) is 13.2 Å². The number of carbonyl (C=O) groups excluding carboxylic acids is 3. The highest BCUT2D eigenvalue weighted by molar-refractivity contribution is 7.89. The SMILES string of the molecule is CCOC(=O)NC(=O)COC(=O)[C@H](C)NS(=O)(=O)c1ccc(C(C)(C)C)cc1. The Labute approximate surface area is 164 Å². The van der Waals surface area contributed by atoms with Gasteiger partial charge in [-0.1, -0.05) is 32.9 Å². The van der Waals surface area contributed by atoms with Crippen molar-refractivity contribution < 1.29 is 32.3 Å². The van der Waals surface area contributed by atoms with Gasteiger partial charge in [0.25, 0.3) is 5.91 Å². The Kier molecular flexibility index (Phi) is 8.13. The van der Waals surface area contributed by atoms with Gasteiger partial charge in [-0.15, -0.1) is 0 Å². The number of ether oxygens (including phenoxy) is 2. The molecule has 0 bridgehead atoms. The Morgan fingerprint density at radius 2 is 1.64 bits per heavy atom. The molecule has 0 saturated carbocycles. The fourth-order valence-corrected chi connectivity index (χ4v) is 3.25. The Balaban J connectivity index is 2.65. The summed E-state index contributed by atoms with van der Waals surface area (Å²) >= 11 is 0. The Morgan fingerprint density at radius 3 is 2.14 bits per heavy atom. The molecule has 10 heteroatoms. The van der Waals surface area contributed by atoms with Gasteiger partial charge in [0.2, 0.25) is 10.0 Å². The van der Waals surface area contributed by atoms with Gasteiger partial charge in [-0.2, -0.15) is 4.72 Å². The van der Waals surface area contributed by atoms with Crippen molar-refractivity contribution in [2.45, 2.75) is 51.0 Å². The molecular weight excluding hydrogens is 388 g/mol. The van der Waals surface area contributed by atoms with E-state index in [4.69, 9.17) is 4.74 Å². The van der Waals surface area contributed by atoms with Crippen LogP contribution < -0.4 is 10.0 Å². The smallest absolute Gasteiger partial charge is 0.413 e. The number of sulfonamides is 1. The average molecular weight is 414 g/mol. The number of benzene rings is 1. The van der Waals surface area contributed by atoms with Gasteiger partial charge in [0.1, 0.15) is 6.04 Å². The summed E-state index contributed by atoms with van der Waals surface area (Å²) < 4.78 is 36.2. The molecule has 0 fully saturated rings. The molecule has 156 valence electrons. The molecule has 0 saturated heterocycles. The van der Waals surface area contributed by atoms with E-state index in [0.29, 0.717) is 0 Å². The molecule has 1 aromatic carbocycles. The van der Waals surface area contributed by atoms with E-state index in [0.717, 1.165) is 5.56 Å². The van der Waals surface area contributed by atoms with Crippen LogP contribution in [0.25, 0.3) is 0 Å². The van der Waals surface area contributed by atoms with Crippen molar-refractivity contribution in [1.29, 1.82) is 0 Å². The summed E-state index contributed by atoms with van der Waals surface area (Å²) in [5.74, 6) is -1.85. The van der Waals surface area contributed by atoms with E-state index in [1.807, 2.05) is 26.1 Å². The standard InChI is InChI=1S/C18H26N2O7S/c1-6-26-17(23)19-15(21)11-27-16(22)12(2)20-28(24,25)14-9-7-13(8-10-14)18(3,4)5/h7-10,12,20H,6,11H2,1-5H3,(H,19,21,23)/t12-/m0/s1. The highest BCUT2D eigenvalue weighted by atomic mass is 32.2. The van der Waals surface area contributed by atoms with Gasteiger partial charge in [0.15, 0.2) is 6.61 Å². The predicted octanol–water partition coefficient (Wildman–Crippen LogP) is 1.47. The van der Waals surface area contributed by atoms with Gasteiger partial charge >= 0.3 is 12.1 Å². The topological polar surface area (TPSA) is 128 Å². The second-order valence-electron chi connectivity index (χ2n) is 6.99. The molecule has 1 atom stereocenters. The first-order chi connectivity index (χ1) is 12.9. The van der Waals surface area contributed by atoms with E-state index >= 15 is 0 Å². The van der Waals surface area contributed by atoms with Gasteiger partial charge in [0.05, 0.1) is 11.5 Å². The molecule has 0 aliphatic heterocycles. The minimum absolute atomic E-state index is 0.000189. The first kappa shape index (κ1) is 23.6. The zero-order chi connectivity index (χ0) is 21.5. The molecule has 28 heavy (non-hydrogen) atoms. The third kappa shape index (κ3) is 7.28. The Bertz CT molecular complexity index is 811. The number of amides is 2. The fraction of sp³-hybridized carbons (Fsp3) is 0.500. The lowest BCUT2D eigenvalue weighted by molar-refractivity contribution is -0.149. The number of nitrogens with one attached hydrogen (secondary N) is 2. The van der Waals surface area contributed by atoms with Crippen LogP contribution in [0.1, 0.15) is 40.2 Å². The van der Waals surface area contributed by atoms with Crippen LogP contribution in [0.5, 0.6) is 0 Å². The number of rotatable bonds is 7. The first-order valence-corrected chi connectivity index (χ1v) is 10.1. The zero-order valence-corrected chi connectivity index (χ0v) is 17.4. The zero-order valence-electron chi connectivity index (χ0n) is 16.6. The lowest BCUT2D eigenvalue weighted by Gasteiger charge is -2.19. The second kappa shape index (κ2) is 9.65. The van der Waals surface area contributed by atoms with Crippen molar-refractivity contribution in [2.24, 2.45) is 0 Å². The molecule has 0 aliphatic carbocycles. The molecule has 0 heterocycles. The van der Waals surface area contributed by atoms with E-state index in [2.05, 4.69) is 9.46 Å². The summed E-state index contributed by atoms with van der Waals surface area (Å²) in [6, 6.07) is 5.08.